The lowest BCUT2D eigenvalue weighted by molar-refractivity contribution is -0.134. The quantitative estimate of drug-likeness (QED) is 0.643. The average molecular weight is 348 g/mol. The van der Waals surface area contributed by atoms with Crippen molar-refractivity contribution in [3.05, 3.63) is 76.9 Å². The molecule has 132 valence electrons. The maximum atomic E-state index is 12.1. The Morgan fingerprint density at radius 1 is 1.08 bits per heavy atom. The summed E-state index contributed by atoms with van der Waals surface area (Å²) < 4.78 is 4.62. The Balaban J connectivity index is 1.87. The number of amides is 1. The van der Waals surface area contributed by atoms with E-state index in [1.54, 1.807) is 24.3 Å². The SMILES string of the molecule is COC(=O)/C=C(\C)c1ccc(CCNC(=O)c2ccc(C#N)cc2)cc1. The van der Waals surface area contributed by atoms with Crippen molar-refractivity contribution in [2.24, 2.45) is 0 Å². The minimum atomic E-state index is -0.378. The highest BCUT2D eigenvalue weighted by molar-refractivity contribution is 5.94. The van der Waals surface area contributed by atoms with Crippen molar-refractivity contribution < 1.29 is 14.3 Å². The summed E-state index contributed by atoms with van der Waals surface area (Å²) in [5.74, 6) is -0.542. The molecule has 26 heavy (non-hydrogen) atoms. The van der Waals surface area contributed by atoms with Crippen molar-refractivity contribution >= 4 is 17.4 Å². The maximum absolute atomic E-state index is 12.1. The highest BCUT2D eigenvalue weighted by Crippen LogP contribution is 2.15. The van der Waals surface area contributed by atoms with Gasteiger partial charge in [0.2, 0.25) is 0 Å². The number of rotatable bonds is 6. The molecule has 0 aliphatic carbocycles. The molecule has 0 unspecified atom stereocenters. The van der Waals surface area contributed by atoms with E-state index in [9.17, 15) is 9.59 Å². The molecular formula is C21H20N2O3. The molecule has 5 nitrogen and oxygen atoms in total. The number of hydrogen-bond acceptors (Lipinski definition) is 4. The molecule has 0 saturated heterocycles. The van der Waals surface area contributed by atoms with Crippen molar-refractivity contribution in [2.75, 3.05) is 13.7 Å². The second-order valence-corrected chi connectivity index (χ2v) is 5.74. The molecule has 2 aromatic carbocycles. The molecule has 0 atom stereocenters. The van der Waals surface area contributed by atoms with Gasteiger partial charge in [0.25, 0.3) is 5.91 Å². The van der Waals surface area contributed by atoms with E-state index in [1.165, 1.54) is 13.2 Å². The van der Waals surface area contributed by atoms with Crippen LogP contribution in [0.5, 0.6) is 0 Å². The summed E-state index contributed by atoms with van der Waals surface area (Å²) in [7, 11) is 1.35. The molecular weight excluding hydrogens is 328 g/mol. The first-order valence-corrected chi connectivity index (χ1v) is 8.17. The highest BCUT2D eigenvalue weighted by Gasteiger charge is 2.05. The minimum absolute atomic E-state index is 0.164. The lowest BCUT2D eigenvalue weighted by atomic mass is 10.0. The lowest BCUT2D eigenvalue weighted by Gasteiger charge is -2.07. The third kappa shape index (κ3) is 5.32. The minimum Gasteiger partial charge on any atom is -0.466 e. The summed E-state index contributed by atoms with van der Waals surface area (Å²) in [6, 6.07) is 16.4. The van der Waals surface area contributed by atoms with Crippen LogP contribution in [0.2, 0.25) is 0 Å². The van der Waals surface area contributed by atoms with Gasteiger partial charge in [-0.25, -0.2) is 4.79 Å². The maximum Gasteiger partial charge on any atom is 0.330 e. The van der Waals surface area contributed by atoms with E-state index in [4.69, 9.17) is 5.26 Å². The van der Waals surface area contributed by atoms with Crippen molar-refractivity contribution in [1.82, 2.24) is 5.32 Å². The van der Waals surface area contributed by atoms with E-state index in [0.29, 0.717) is 24.1 Å². The van der Waals surface area contributed by atoms with Crippen molar-refractivity contribution in [3.63, 3.8) is 0 Å². The van der Waals surface area contributed by atoms with Crippen LogP contribution < -0.4 is 5.32 Å². The Kier molecular flexibility index (Phi) is 6.69. The van der Waals surface area contributed by atoms with E-state index in [-0.39, 0.29) is 11.9 Å². The number of allylic oxidation sites excluding steroid dienone is 1. The van der Waals surface area contributed by atoms with Crippen molar-refractivity contribution in [3.8, 4) is 6.07 Å². The van der Waals surface area contributed by atoms with E-state index < -0.39 is 0 Å². The van der Waals surface area contributed by atoms with Crippen LogP contribution in [0.25, 0.3) is 5.57 Å². The molecule has 0 aliphatic rings. The third-order valence-corrected chi connectivity index (χ3v) is 3.92. The number of nitriles is 1. The van der Waals surface area contributed by atoms with Gasteiger partial charge in [0.1, 0.15) is 0 Å². The number of esters is 1. The standard InChI is InChI=1S/C21H20N2O3/c1-15(13-20(24)26-2)18-7-3-16(4-8-18)11-12-23-21(25)19-9-5-17(14-22)6-10-19/h3-10,13H,11-12H2,1-2H3,(H,23,25)/b15-13+. The van der Waals surface area contributed by atoms with Gasteiger partial charge in [-0.05, 0) is 54.3 Å². The van der Waals surface area contributed by atoms with Crippen LogP contribution in [0.3, 0.4) is 0 Å². The summed E-state index contributed by atoms with van der Waals surface area (Å²) in [4.78, 5) is 23.3. The van der Waals surface area contributed by atoms with Crippen molar-refractivity contribution in [1.29, 1.82) is 5.26 Å². The summed E-state index contributed by atoms with van der Waals surface area (Å²) >= 11 is 0. The fourth-order valence-corrected chi connectivity index (χ4v) is 2.37. The molecule has 0 radical (unpaired) electrons. The Morgan fingerprint density at radius 3 is 2.27 bits per heavy atom. The number of carbonyl (C=O) groups is 2. The monoisotopic (exact) mass is 348 g/mol. The van der Waals surface area contributed by atoms with Gasteiger partial charge in [-0.1, -0.05) is 24.3 Å². The molecule has 1 amide bonds. The second kappa shape index (κ2) is 9.19. The van der Waals surface area contributed by atoms with Gasteiger partial charge in [-0.15, -0.1) is 0 Å². The number of carbonyl (C=O) groups excluding carboxylic acids is 2. The lowest BCUT2D eigenvalue weighted by Crippen LogP contribution is -2.25. The first-order valence-electron chi connectivity index (χ1n) is 8.17. The molecule has 0 spiro atoms. The molecule has 0 aromatic heterocycles. The second-order valence-electron chi connectivity index (χ2n) is 5.74. The number of nitrogens with one attached hydrogen (secondary N) is 1. The van der Waals surface area contributed by atoms with E-state index in [1.807, 2.05) is 37.3 Å². The number of nitrogens with zero attached hydrogens (tertiary/aromatic N) is 1. The van der Waals surface area contributed by atoms with E-state index in [0.717, 1.165) is 16.7 Å². The van der Waals surface area contributed by atoms with Crippen LogP contribution in [-0.2, 0) is 16.0 Å². The first kappa shape index (κ1) is 18.9. The molecule has 0 saturated carbocycles. The van der Waals surface area contributed by atoms with Gasteiger partial charge >= 0.3 is 5.97 Å². The number of ether oxygens (including phenoxy) is 1. The first-order chi connectivity index (χ1) is 12.5. The van der Waals surface area contributed by atoms with Crippen LogP contribution in [0, 0.1) is 11.3 Å². The van der Waals surface area contributed by atoms with Crippen LogP contribution in [0.4, 0.5) is 0 Å². The van der Waals surface area contributed by atoms with Gasteiger partial charge in [0, 0.05) is 18.2 Å². The number of benzene rings is 2. The van der Waals surface area contributed by atoms with Crippen LogP contribution >= 0.6 is 0 Å². The van der Waals surface area contributed by atoms with Gasteiger partial charge in [0.15, 0.2) is 0 Å². The summed E-state index contributed by atoms with van der Waals surface area (Å²) in [6.07, 6.45) is 2.15. The summed E-state index contributed by atoms with van der Waals surface area (Å²) in [6.45, 7) is 2.36. The van der Waals surface area contributed by atoms with Crippen LogP contribution in [-0.4, -0.2) is 25.5 Å². The summed E-state index contributed by atoms with van der Waals surface area (Å²) in [5, 5.41) is 11.6. The van der Waals surface area contributed by atoms with Crippen LogP contribution in [0.1, 0.15) is 34.0 Å². The largest absolute Gasteiger partial charge is 0.466 e. The normalized spacial score (nSPS) is 10.7. The zero-order valence-corrected chi connectivity index (χ0v) is 14.8. The Morgan fingerprint density at radius 2 is 1.69 bits per heavy atom. The molecule has 2 rings (SSSR count). The predicted molar refractivity (Wildman–Crippen MR) is 99.3 cm³/mol. The molecule has 0 aliphatic heterocycles. The molecule has 1 N–H and O–H groups in total. The van der Waals surface area contributed by atoms with Gasteiger partial charge in [-0.2, -0.15) is 5.26 Å². The zero-order valence-electron chi connectivity index (χ0n) is 14.8. The molecule has 0 heterocycles. The van der Waals surface area contributed by atoms with Gasteiger partial charge in [-0.3, -0.25) is 4.79 Å². The fraction of sp³-hybridized carbons (Fsp3) is 0.190. The van der Waals surface area contributed by atoms with E-state index >= 15 is 0 Å². The zero-order chi connectivity index (χ0) is 18.9. The fourth-order valence-electron chi connectivity index (χ4n) is 2.37. The Labute approximate surface area is 152 Å². The predicted octanol–water partition coefficient (Wildman–Crippen LogP) is 3.11. The molecule has 0 fully saturated rings. The van der Waals surface area contributed by atoms with E-state index in [2.05, 4.69) is 10.1 Å². The Hall–Kier alpha value is -3.39. The molecule has 2 aromatic rings. The van der Waals surface area contributed by atoms with Crippen LogP contribution in [0.15, 0.2) is 54.6 Å². The van der Waals surface area contributed by atoms with Gasteiger partial charge < -0.3 is 10.1 Å². The molecule has 5 heteroatoms. The topological polar surface area (TPSA) is 79.2 Å². The highest BCUT2D eigenvalue weighted by atomic mass is 16.5. The Bertz CT molecular complexity index is 844. The van der Waals surface area contributed by atoms with Gasteiger partial charge in [0.05, 0.1) is 18.7 Å². The summed E-state index contributed by atoms with van der Waals surface area (Å²) in [5.41, 5.74) is 3.92. The average Bonchev–Trinajstić information content (AvgIpc) is 2.68. The number of hydrogen-bond donors (Lipinski definition) is 1. The smallest absolute Gasteiger partial charge is 0.330 e. The number of methoxy groups -OCH3 is 1. The third-order valence-electron chi connectivity index (χ3n) is 3.92. The van der Waals surface area contributed by atoms with Crippen molar-refractivity contribution in [2.45, 2.75) is 13.3 Å². The molecule has 0 bridgehead atoms.